The maximum atomic E-state index is 12.4. The first-order valence-electron chi connectivity index (χ1n) is 7.64. The molecule has 0 fully saturated rings. The van der Waals surface area contributed by atoms with Crippen molar-refractivity contribution >= 4 is 46.0 Å². The largest absolute Gasteiger partial charge is 0.324 e. The fourth-order valence-electron chi connectivity index (χ4n) is 2.78. The van der Waals surface area contributed by atoms with Crippen molar-refractivity contribution in [1.29, 1.82) is 0 Å². The van der Waals surface area contributed by atoms with Gasteiger partial charge in [-0.25, -0.2) is 4.79 Å². The summed E-state index contributed by atoms with van der Waals surface area (Å²) in [5, 5.41) is 2.77. The number of hydrogen-bond donors (Lipinski definition) is 3. The van der Waals surface area contributed by atoms with Crippen molar-refractivity contribution in [3.05, 3.63) is 52.9 Å². The van der Waals surface area contributed by atoms with Gasteiger partial charge in [0.25, 0.3) is 0 Å². The summed E-state index contributed by atoms with van der Waals surface area (Å²) >= 11 is 1.48. The number of H-pyrrole nitrogens is 2. The SMILES string of the molecule is O=C(CN1C(=O)CSc2ccccc21)Nc1ccc2[nH]c(=O)[nH]c2c1. The van der Waals surface area contributed by atoms with E-state index < -0.39 is 0 Å². The minimum atomic E-state index is -0.300. The molecule has 126 valence electrons. The van der Waals surface area contributed by atoms with E-state index in [0.29, 0.717) is 22.5 Å². The van der Waals surface area contributed by atoms with Crippen LogP contribution in [0.3, 0.4) is 0 Å². The van der Waals surface area contributed by atoms with Gasteiger partial charge in [-0.3, -0.25) is 9.59 Å². The molecule has 25 heavy (non-hydrogen) atoms. The number of carbonyl (C=O) groups is 2. The number of nitrogens with zero attached hydrogens (tertiary/aromatic N) is 1. The lowest BCUT2D eigenvalue weighted by Crippen LogP contribution is -2.41. The Balaban J connectivity index is 1.53. The molecule has 3 N–H and O–H groups in total. The van der Waals surface area contributed by atoms with E-state index in [0.717, 1.165) is 10.6 Å². The molecule has 8 heteroatoms. The van der Waals surface area contributed by atoms with E-state index in [1.165, 1.54) is 16.7 Å². The number of rotatable bonds is 3. The van der Waals surface area contributed by atoms with Crippen molar-refractivity contribution in [2.45, 2.75) is 4.90 Å². The number of nitrogens with one attached hydrogen (secondary N) is 3. The molecule has 1 aliphatic heterocycles. The zero-order chi connectivity index (χ0) is 17.4. The Bertz CT molecular complexity index is 1040. The molecule has 1 aromatic heterocycles. The summed E-state index contributed by atoms with van der Waals surface area (Å²) in [5.74, 6) is -0.0718. The predicted molar refractivity (Wildman–Crippen MR) is 97.1 cm³/mol. The average Bonchev–Trinajstić information content (AvgIpc) is 2.97. The maximum absolute atomic E-state index is 12.4. The standard InChI is InChI=1S/C17H14N4O3S/c22-15(18-10-5-6-11-12(7-10)20-17(24)19-11)8-21-13-3-1-2-4-14(13)25-9-16(21)23/h1-7H,8-9H2,(H,18,22)(H2,19,20,24). The summed E-state index contributed by atoms with van der Waals surface area (Å²) in [7, 11) is 0. The minimum Gasteiger partial charge on any atom is -0.324 e. The van der Waals surface area contributed by atoms with E-state index in [4.69, 9.17) is 0 Å². The highest BCUT2D eigenvalue weighted by Crippen LogP contribution is 2.34. The van der Waals surface area contributed by atoms with E-state index in [2.05, 4.69) is 15.3 Å². The van der Waals surface area contributed by atoms with E-state index in [1.54, 1.807) is 18.2 Å². The lowest BCUT2D eigenvalue weighted by molar-refractivity contribution is -0.120. The van der Waals surface area contributed by atoms with Gasteiger partial charge in [-0.1, -0.05) is 12.1 Å². The monoisotopic (exact) mass is 354 g/mol. The van der Waals surface area contributed by atoms with Gasteiger partial charge in [0.2, 0.25) is 11.8 Å². The highest BCUT2D eigenvalue weighted by atomic mass is 32.2. The van der Waals surface area contributed by atoms with Crippen molar-refractivity contribution in [1.82, 2.24) is 9.97 Å². The molecule has 2 amide bonds. The van der Waals surface area contributed by atoms with Gasteiger partial charge in [-0.2, -0.15) is 0 Å². The number of hydrogen-bond acceptors (Lipinski definition) is 4. The van der Waals surface area contributed by atoms with Crippen LogP contribution >= 0.6 is 11.8 Å². The van der Waals surface area contributed by atoms with E-state index in [1.807, 2.05) is 24.3 Å². The molecule has 0 saturated heterocycles. The minimum absolute atomic E-state index is 0.0574. The van der Waals surface area contributed by atoms with Crippen molar-refractivity contribution < 1.29 is 9.59 Å². The molecule has 1 aliphatic rings. The Morgan fingerprint density at radius 3 is 2.80 bits per heavy atom. The van der Waals surface area contributed by atoms with Crippen LogP contribution < -0.4 is 15.9 Å². The predicted octanol–water partition coefficient (Wildman–Crippen LogP) is 1.93. The van der Waals surface area contributed by atoms with Crippen LogP contribution in [0.4, 0.5) is 11.4 Å². The van der Waals surface area contributed by atoms with E-state index in [-0.39, 0.29) is 24.0 Å². The average molecular weight is 354 g/mol. The first-order valence-corrected chi connectivity index (χ1v) is 8.63. The molecule has 0 saturated carbocycles. The van der Waals surface area contributed by atoms with Gasteiger partial charge < -0.3 is 20.2 Å². The quantitative estimate of drug-likeness (QED) is 0.669. The van der Waals surface area contributed by atoms with Crippen LogP contribution in [-0.2, 0) is 9.59 Å². The highest BCUT2D eigenvalue weighted by Gasteiger charge is 2.26. The van der Waals surface area contributed by atoms with Gasteiger partial charge in [0.15, 0.2) is 0 Å². The summed E-state index contributed by atoms with van der Waals surface area (Å²) in [4.78, 5) is 43.7. The number of imidazole rings is 1. The number of aromatic amines is 2. The lowest BCUT2D eigenvalue weighted by Gasteiger charge is -2.28. The summed E-state index contributed by atoms with van der Waals surface area (Å²) in [5.41, 5.74) is 2.29. The number of fused-ring (bicyclic) bond motifs is 2. The molecule has 4 rings (SSSR count). The molecule has 2 heterocycles. The highest BCUT2D eigenvalue weighted by molar-refractivity contribution is 8.00. The second kappa shape index (κ2) is 6.14. The Labute approximate surface area is 146 Å². The molecule has 0 atom stereocenters. The van der Waals surface area contributed by atoms with Crippen LogP contribution in [0.1, 0.15) is 0 Å². The maximum Gasteiger partial charge on any atom is 0.323 e. The molecule has 0 aliphatic carbocycles. The van der Waals surface area contributed by atoms with Crippen molar-refractivity contribution in [2.24, 2.45) is 0 Å². The van der Waals surface area contributed by atoms with Gasteiger partial charge >= 0.3 is 5.69 Å². The van der Waals surface area contributed by atoms with Gasteiger partial charge in [0.1, 0.15) is 6.54 Å². The molecule has 0 spiro atoms. The van der Waals surface area contributed by atoms with Gasteiger partial charge in [-0.15, -0.1) is 11.8 Å². The van der Waals surface area contributed by atoms with Crippen LogP contribution in [0.2, 0.25) is 0 Å². The van der Waals surface area contributed by atoms with Crippen molar-refractivity contribution in [3.63, 3.8) is 0 Å². The Kier molecular flexibility index (Phi) is 3.81. The Morgan fingerprint density at radius 2 is 1.92 bits per heavy atom. The van der Waals surface area contributed by atoms with Crippen LogP contribution in [0.5, 0.6) is 0 Å². The first kappa shape index (κ1) is 15.5. The topological polar surface area (TPSA) is 98.1 Å². The fraction of sp³-hybridized carbons (Fsp3) is 0.118. The van der Waals surface area contributed by atoms with Crippen LogP contribution in [0.15, 0.2) is 52.2 Å². The molecule has 3 aromatic rings. The van der Waals surface area contributed by atoms with Crippen molar-refractivity contribution in [2.75, 3.05) is 22.5 Å². The van der Waals surface area contributed by atoms with Crippen LogP contribution in [0, 0.1) is 0 Å². The summed E-state index contributed by atoms with van der Waals surface area (Å²) in [6.45, 7) is -0.0574. The van der Waals surface area contributed by atoms with E-state index in [9.17, 15) is 14.4 Å². The van der Waals surface area contributed by atoms with Crippen LogP contribution in [-0.4, -0.2) is 34.1 Å². The third-order valence-corrected chi connectivity index (χ3v) is 4.96. The molecule has 0 unspecified atom stereocenters. The molecular weight excluding hydrogens is 340 g/mol. The van der Waals surface area contributed by atoms with Gasteiger partial charge in [0.05, 0.1) is 22.5 Å². The van der Waals surface area contributed by atoms with Gasteiger partial charge in [-0.05, 0) is 30.3 Å². The Morgan fingerprint density at radius 1 is 1.12 bits per heavy atom. The summed E-state index contributed by atoms with van der Waals surface area (Å²) < 4.78 is 0. The van der Waals surface area contributed by atoms with Crippen molar-refractivity contribution in [3.8, 4) is 0 Å². The molecule has 0 radical (unpaired) electrons. The Hall–Kier alpha value is -3.00. The number of amides is 2. The number of carbonyl (C=O) groups excluding carboxylic acids is 2. The molecule has 7 nitrogen and oxygen atoms in total. The fourth-order valence-corrected chi connectivity index (χ4v) is 3.72. The summed E-state index contributed by atoms with van der Waals surface area (Å²) in [6.07, 6.45) is 0. The van der Waals surface area contributed by atoms with E-state index >= 15 is 0 Å². The lowest BCUT2D eigenvalue weighted by atomic mass is 10.2. The third-order valence-electron chi connectivity index (χ3n) is 3.91. The smallest absolute Gasteiger partial charge is 0.323 e. The number of anilines is 2. The number of aromatic nitrogens is 2. The third kappa shape index (κ3) is 3.03. The molecule has 0 bridgehead atoms. The molecule has 2 aromatic carbocycles. The van der Waals surface area contributed by atoms with Crippen LogP contribution in [0.25, 0.3) is 11.0 Å². The summed E-state index contributed by atoms with van der Waals surface area (Å²) in [6, 6.07) is 12.6. The zero-order valence-corrected chi connectivity index (χ0v) is 13.9. The molecular formula is C17H14N4O3S. The number of benzene rings is 2. The number of thioether (sulfide) groups is 1. The normalized spacial score (nSPS) is 13.8. The first-order chi connectivity index (χ1) is 12.1. The number of para-hydroxylation sites is 1. The zero-order valence-electron chi connectivity index (χ0n) is 13.0. The second-order valence-corrected chi connectivity index (χ2v) is 6.64. The second-order valence-electron chi connectivity index (χ2n) is 5.62. The van der Waals surface area contributed by atoms with Gasteiger partial charge in [0, 0.05) is 10.6 Å².